The smallest absolute Gasteiger partial charge is 0.121 e. The van der Waals surface area contributed by atoms with Crippen molar-refractivity contribution in [2.24, 2.45) is 0 Å². The van der Waals surface area contributed by atoms with Gasteiger partial charge in [-0.3, -0.25) is 0 Å². The molecule has 1 saturated heterocycles. The highest BCUT2D eigenvalue weighted by Gasteiger charge is 2.30. The van der Waals surface area contributed by atoms with Gasteiger partial charge < -0.3 is 15.5 Å². The molecular formula is C12H17NO2. The Bertz CT molecular complexity index is 357. The van der Waals surface area contributed by atoms with Crippen LogP contribution in [0.3, 0.4) is 0 Å². The average molecular weight is 207 g/mol. The van der Waals surface area contributed by atoms with Crippen molar-refractivity contribution in [2.45, 2.75) is 31.9 Å². The minimum atomic E-state index is -0.115. The van der Waals surface area contributed by atoms with E-state index in [-0.39, 0.29) is 17.9 Å². The maximum absolute atomic E-state index is 9.68. The van der Waals surface area contributed by atoms with E-state index in [1.165, 1.54) is 6.42 Å². The first-order valence-corrected chi connectivity index (χ1v) is 5.34. The van der Waals surface area contributed by atoms with Crippen LogP contribution in [-0.4, -0.2) is 16.8 Å². The summed E-state index contributed by atoms with van der Waals surface area (Å²) in [5.41, 5.74) is 1.65. The Balaban J connectivity index is 2.33. The molecule has 1 aliphatic heterocycles. The van der Waals surface area contributed by atoms with Gasteiger partial charge in [-0.25, -0.2) is 0 Å². The van der Waals surface area contributed by atoms with Gasteiger partial charge in [0.25, 0.3) is 0 Å². The average Bonchev–Trinajstić information content (AvgIpc) is 2.66. The van der Waals surface area contributed by atoms with Gasteiger partial charge in [0.2, 0.25) is 0 Å². The Labute approximate surface area is 89.8 Å². The highest BCUT2D eigenvalue weighted by atomic mass is 16.3. The summed E-state index contributed by atoms with van der Waals surface area (Å²) < 4.78 is 0. The van der Waals surface area contributed by atoms with Gasteiger partial charge in [0, 0.05) is 11.1 Å². The fourth-order valence-corrected chi connectivity index (χ4v) is 2.18. The summed E-state index contributed by atoms with van der Waals surface area (Å²) in [7, 11) is 0. The largest absolute Gasteiger partial charge is 0.508 e. The zero-order valence-corrected chi connectivity index (χ0v) is 8.95. The fourth-order valence-electron chi connectivity index (χ4n) is 2.18. The number of benzene rings is 1. The molecule has 3 N–H and O–H groups in total. The first kappa shape index (κ1) is 10.5. The molecule has 0 amide bonds. The van der Waals surface area contributed by atoms with E-state index in [1.807, 2.05) is 6.07 Å². The second-order valence-corrected chi connectivity index (χ2v) is 4.36. The highest BCUT2D eigenvalue weighted by molar-refractivity contribution is 5.39. The standard InChI is InChI=1S/C12H17NO2/c1-12(5-2-6-13-12)10-4-3-9(8-14)11(15)7-10/h3-4,7,13-15H,2,5-6,8H2,1H3. The molecule has 82 valence electrons. The van der Waals surface area contributed by atoms with Crippen molar-refractivity contribution in [1.29, 1.82) is 0 Å². The lowest BCUT2D eigenvalue weighted by atomic mass is 9.90. The zero-order valence-electron chi connectivity index (χ0n) is 8.95. The molecule has 1 aliphatic rings. The van der Waals surface area contributed by atoms with Gasteiger partial charge >= 0.3 is 0 Å². The monoisotopic (exact) mass is 207 g/mol. The van der Waals surface area contributed by atoms with Crippen LogP contribution in [0.15, 0.2) is 18.2 Å². The zero-order chi connectivity index (χ0) is 10.9. The maximum atomic E-state index is 9.68. The van der Waals surface area contributed by atoms with E-state index < -0.39 is 0 Å². The van der Waals surface area contributed by atoms with Crippen LogP contribution >= 0.6 is 0 Å². The molecule has 3 nitrogen and oxygen atoms in total. The molecule has 2 rings (SSSR count). The molecule has 0 bridgehead atoms. The number of hydrogen-bond acceptors (Lipinski definition) is 3. The third-order valence-corrected chi connectivity index (χ3v) is 3.26. The number of phenols is 1. The van der Waals surface area contributed by atoms with E-state index in [2.05, 4.69) is 12.2 Å². The first-order valence-electron chi connectivity index (χ1n) is 5.34. The van der Waals surface area contributed by atoms with Crippen molar-refractivity contribution < 1.29 is 10.2 Å². The molecular weight excluding hydrogens is 190 g/mol. The van der Waals surface area contributed by atoms with Crippen molar-refractivity contribution in [1.82, 2.24) is 5.32 Å². The topological polar surface area (TPSA) is 52.5 Å². The van der Waals surface area contributed by atoms with Gasteiger partial charge in [-0.15, -0.1) is 0 Å². The van der Waals surface area contributed by atoms with Crippen molar-refractivity contribution in [3.63, 3.8) is 0 Å². The second kappa shape index (κ2) is 3.83. The number of aliphatic hydroxyl groups excluding tert-OH is 1. The molecule has 0 saturated carbocycles. The number of nitrogens with one attached hydrogen (secondary N) is 1. The van der Waals surface area contributed by atoms with Crippen molar-refractivity contribution in [3.8, 4) is 5.75 Å². The molecule has 1 unspecified atom stereocenters. The molecule has 1 aromatic carbocycles. The quantitative estimate of drug-likeness (QED) is 0.688. The Hall–Kier alpha value is -1.06. The van der Waals surface area contributed by atoms with Gasteiger partial charge in [-0.05, 0) is 37.9 Å². The van der Waals surface area contributed by atoms with Gasteiger partial charge in [-0.1, -0.05) is 12.1 Å². The lowest BCUT2D eigenvalue weighted by Gasteiger charge is -2.25. The SMILES string of the molecule is CC1(c2ccc(CO)c(O)c2)CCCN1. The summed E-state index contributed by atoms with van der Waals surface area (Å²) in [5, 5.41) is 22.1. The normalized spacial score (nSPS) is 25.7. The van der Waals surface area contributed by atoms with E-state index in [0.29, 0.717) is 5.56 Å². The lowest BCUT2D eigenvalue weighted by molar-refractivity contribution is 0.275. The molecule has 1 heterocycles. The number of aliphatic hydroxyl groups is 1. The summed E-state index contributed by atoms with van der Waals surface area (Å²) in [6.07, 6.45) is 2.25. The predicted octanol–water partition coefficient (Wildman–Crippen LogP) is 1.48. The van der Waals surface area contributed by atoms with Gasteiger partial charge in [0.15, 0.2) is 0 Å². The number of hydrogen-bond donors (Lipinski definition) is 3. The number of aromatic hydroxyl groups is 1. The van der Waals surface area contributed by atoms with Gasteiger partial charge in [-0.2, -0.15) is 0 Å². The lowest BCUT2D eigenvalue weighted by Crippen LogP contribution is -2.33. The van der Waals surface area contributed by atoms with E-state index >= 15 is 0 Å². The molecule has 0 spiro atoms. The molecule has 15 heavy (non-hydrogen) atoms. The highest BCUT2D eigenvalue weighted by Crippen LogP contribution is 2.33. The van der Waals surface area contributed by atoms with E-state index in [9.17, 15) is 5.11 Å². The predicted molar refractivity (Wildman–Crippen MR) is 58.6 cm³/mol. The summed E-state index contributed by atoms with van der Waals surface area (Å²) in [5.74, 6) is 0.185. The van der Waals surface area contributed by atoms with E-state index in [0.717, 1.165) is 18.5 Å². The van der Waals surface area contributed by atoms with Crippen LogP contribution < -0.4 is 5.32 Å². The summed E-state index contributed by atoms with van der Waals surface area (Å²) in [6, 6.07) is 5.52. The molecule has 1 fully saturated rings. The molecule has 0 aromatic heterocycles. The van der Waals surface area contributed by atoms with Gasteiger partial charge in [0.1, 0.15) is 5.75 Å². The Morgan fingerprint density at radius 3 is 2.80 bits per heavy atom. The summed E-state index contributed by atoms with van der Waals surface area (Å²) >= 11 is 0. The maximum Gasteiger partial charge on any atom is 0.121 e. The van der Waals surface area contributed by atoms with Crippen LogP contribution in [0, 0.1) is 0 Å². The van der Waals surface area contributed by atoms with Crippen LogP contribution in [0.2, 0.25) is 0 Å². The minimum Gasteiger partial charge on any atom is -0.508 e. The Kier molecular flexibility index (Phi) is 2.67. The van der Waals surface area contributed by atoms with Crippen LogP contribution in [0.5, 0.6) is 5.75 Å². The molecule has 1 atom stereocenters. The summed E-state index contributed by atoms with van der Waals surface area (Å²) in [4.78, 5) is 0. The van der Waals surface area contributed by atoms with Crippen molar-refractivity contribution in [2.75, 3.05) is 6.54 Å². The molecule has 3 heteroatoms. The second-order valence-electron chi connectivity index (χ2n) is 4.36. The molecule has 1 aromatic rings. The van der Waals surface area contributed by atoms with Crippen molar-refractivity contribution in [3.05, 3.63) is 29.3 Å². The fraction of sp³-hybridized carbons (Fsp3) is 0.500. The van der Waals surface area contributed by atoms with E-state index in [1.54, 1.807) is 12.1 Å². The van der Waals surface area contributed by atoms with Crippen LogP contribution in [0.1, 0.15) is 30.9 Å². The Morgan fingerprint density at radius 2 is 2.27 bits per heavy atom. The minimum absolute atomic E-state index is 0.0224. The van der Waals surface area contributed by atoms with Crippen LogP contribution in [-0.2, 0) is 12.1 Å². The third kappa shape index (κ3) is 1.85. The molecule has 0 radical (unpaired) electrons. The first-order chi connectivity index (χ1) is 7.15. The van der Waals surface area contributed by atoms with Crippen LogP contribution in [0.25, 0.3) is 0 Å². The van der Waals surface area contributed by atoms with E-state index in [4.69, 9.17) is 5.11 Å². The number of rotatable bonds is 2. The Morgan fingerprint density at radius 1 is 1.47 bits per heavy atom. The summed E-state index contributed by atoms with van der Waals surface area (Å²) in [6.45, 7) is 3.06. The van der Waals surface area contributed by atoms with Crippen LogP contribution in [0.4, 0.5) is 0 Å². The van der Waals surface area contributed by atoms with Gasteiger partial charge in [0.05, 0.1) is 6.61 Å². The third-order valence-electron chi connectivity index (χ3n) is 3.26. The molecule has 0 aliphatic carbocycles. The van der Waals surface area contributed by atoms with Crippen molar-refractivity contribution >= 4 is 0 Å².